The van der Waals surface area contributed by atoms with Crippen molar-refractivity contribution in [2.24, 2.45) is 0 Å². The van der Waals surface area contributed by atoms with E-state index in [9.17, 15) is 0 Å². The summed E-state index contributed by atoms with van der Waals surface area (Å²) in [4.78, 5) is 15.7. The van der Waals surface area contributed by atoms with Gasteiger partial charge in [-0.15, -0.1) is 0 Å². The molecule has 2 N–H and O–H groups in total. The molecule has 0 unspecified atom stereocenters. The highest BCUT2D eigenvalue weighted by atomic mass is 127. The Morgan fingerprint density at radius 2 is 2.03 bits per heavy atom. The fraction of sp³-hybridized carbons (Fsp3) is 0.435. The number of hydrogen-bond acceptors (Lipinski definition) is 6. The van der Waals surface area contributed by atoms with Crippen molar-refractivity contribution >= 4 is 51.2 Å². The smallest absolute Gasteiger partial charge is 0.223 e. The molecule has 4 heterocycles. The maximum Gasteiger partial charge on any atom is 0.223 e. The zero-order chi connectivity index (χ0) is 22.7. The number of anilines is 1. The summed E-state index contributed by atoms with van der Waals surface area (Å²) in [7, 11) is 0. The minimum Gasteiger partial charge on any atom is -0.379 e. The number of hydrogen-bond donors (Lipinski definition) is 1. The van der Waals surface area contributed by atoms with Gasteiger partial charge in [-0.2, -0.15) is 4.98 Å². The molecule has 0 aromatic carbocycles. The first-order valence-corrected chi connectivity index (χ1v) is 12.1. The number of nitrogens with zero attached hydrogens (tertiary/aromatic N) is 5. The van der Waals surface area contributed by atoms with Crippen LogP contribution in [0.3, 0.4) is 0 Å². The van der Waals surface area contributed by atoms with E-state index in [0.29, 0.717) is 17.3 Å². The molecule has 1 aliphatic rings. The zero-order valence-electron chi connectivity index (χ0n) is 18.3. The number of unbranched alkanes of at least 4 members (excludes halogenated alkanes) is 1. The summed E-state index contributed by atoms with van der Waals surface area (Å²) in [6.07, 6.45) is 5.72. The second-order valence-electron chi connectivity index (χ2n) is 7.93. The van der Waals surface area contributed by atoms with E-state index < -0.39 is 0 Å². The van der Waals surface area contributed by atoms with Crippen LogP contribution in [-0.2, 0) is 11.3 Å². The molecule has 1 saturated heterocycles. The lowest BCUT2D eigenvalue weighted by atomic mass is 10.1. The third-order valence-corrected chi connectivity index (χ3v) is 7.57. The van der Waals surface area contributed by atoms with Crippen molar-refractivity contribution in [1.82, 2.24) is 24.4 Å². The van der Waals surface area contributed by atoms with Crippen LogP contribution in [-0.4, -0.2) is 57.3 Å². The minimum absolute atomic E-state index is 0.148. The standard InChI is InChI=1S/C23H26ClIN6O/c1-15-12-27-18(16(2)20(15)25)14-31-13-17(19-21(24)28-23(26)29-22(19)31)6-4-3-5-7-30-8-10-32-11-9-30/h12-13H,3,5,7-11,14H2,1-2H3,(H2,26,28,29). The summed E-state index contributed by atoms with van der Waals surface area (Å²) >= 11 is 8.82. The summed E-state index contributed by atoms with van der Waals surface area (Å²) in [5.74, 6) is 6.73. The number of halogens is 2. The van der Waals surface area contributed by atoms with Gasteiger partial charge in [-0.3, -0.25) is 9.88 Å². The third kappa shape index (κ3) is 5.17. The van der Waals surface area contributed by atoms with Crippen LogP contribution in [0, 0.1) is 29.3 Å². The molecule has 0 saturated carbocycles. The summed E-state index contributed by atoms with van der Waals surface area (Å²) in [6.45, 7) is 9.40. The topological polar surface area (TPSA) is 82.1 Å². The highest BCUT2D eigenvalue weighted by molar-refractivity contribution is 14.1. The van der Waals surface area contributed by atoms with Gasteiger partial charge in [-0.25, -0.2) is 4.98 Å². The van der Waals surface area contributed by atoms with Crippen molar-refractivity contribution in [3.8, 4) is 11.8 Å². The lowest BCUT2D eigenvalue weighted by molar-refractivity contribution is 0.0376. The van der Waals surface area contributed by atoms with Crippen molar-refractivity contribution in [2.45, 2.75) is 33.2 Å². The van der Waals surface area contributed by atoms with Crippen LogP contribution in [0.4, 0.5) is 5.95 Å². The van der Waals surface area contributed by atoms with Crippen molar-refractivity contribution in [3.05, 3.63) is 43.5 Å². The third-order valence-electron chi connectivity index (χ3n) is 5.63. The maximum absolute atomic E-state index is 6.46. The van der Waals surface area contributed by atoms with Crippen LogP contribution in [0.25, 0.3) is 11.0 Å². The Morgan fingerprint density at radius 3 is 2.81 bits per heavy atom. The normalized spacial score (nSPS) is 14.5. The summed E-state index contributed by atoms with van der Waals surface area (Å²) in [6, 6.07) is 0. The van der Waals surface area contributed by atoms with Crippen LogP contribution in [0.5, 0.6) is 0 Å². The van der Waals surface area contributed by atoms with Crippen LogP contribution in [0.1, 0.15) is 35.2 Å². The highest BCUT2D eigenvalue weighted by Crippen LogP contribution is 2.28. The molecule has 1 aliphatic heterocycles. The molecule has 1 fully saturated rings. The first-order valence-electron chi connectivity index (χ1n) is 10.7. The monoisotopic (exact) mass is 564 g/mol. The molecule has 3 aromatic rings. The molecule has 32 heavy (non-hydrogen) atoms. The molecular formula is C23H26ClIN6O. The van der Waals surface area contributed by atoms with Gasteiger partial charge in [-0.05, 0) is 60.5 Å². The lowest BCUT2D eigenvalue weighted by Gasteiger charge is -2.26. The Bertz CT molecular complexity index is 1190. The van der Waals surface area contributed by atoms with E-state index in [2.05, 4.69) is 68.1 Å². The van der Waals surface area contributed by atoms with Gasteiger partial charge in [0.15, 0.2) is 0 Å². The van der Waals surface area contributed by atoms with Gasteiger partial charge in [0.1, 0.15) is 10.8 Å². The number of ether oxygens (including phenoxy) is 1. The van der Waals surface area contributed by atoms with Crippen LogP contribution >= 0.6 is 34.2 Å². The molecular weight excluding hydrogens is 539 g/mol. The van der Waals surface area contributed by atoms with E-state index in [-0.39, 0.29) is 5.95 Å². The van der Waals surface area contributed by atoms with E-state index >= 15 is 0 Å². The van der Waals surface area contributed by atoms with Crippen LogP contribution in [0.15, 0.2) is 12.4 Å². The Labute approximate surface area is 206 Å². The summed E-state index contributed by atoms with van der Waals surface area (Å²) in [5, 5.41) is 1.06. The largest absolute Gasteiger partial charge is 0.379 e. The van der Waals surface area contributed by atoms with Gasteiger partial charge in [0.05, 0.1) is 36.4 Å². The van der Waals surface area contributed by atoms with Gasteiger partial charge in [0.2, 0.25) is 5.95 Å². The Balaban J connectivity index is 1.58. The lowest BCUT2D eigenvalue weighted by Crippen LogP contribution is -2.36. The molecule has 7 nitrogen and oxygen atoms in total. The molecule has 168 valence electrons. The Morgan fingerprint density at radius 1 is 1.25 bits per heavy atom. The van der Waals surface area contributed by atoms with E-state index in [1.54, 1.807) is 0 Å². The van der Waals surface area contributed by atoms with Crippen LogP contribution < -0.4 is 5.73 Å². The molecule has 3 aromatic heterocycles. The summed E-state index contributed by atoms with van der Waals surface area (Å²) in [5.41, 5.74) is 10.7. The number of rotatable bonds is 5. The molecule has 4 rings (SSSR count). The van der Waals surface area contributed by atoms with Crippen molar-refractivity contribution in [2.75, 3.05) is 38.6 Å². The second-order valence-corrected chi connectivity index (χ2v) is 9.36. The number of aromatic nitrogens is 4. The highest BCUT2D eigenvalue weighted by Gasteiger charge is 2.16. The fourth-order valence-corrected chi connectivity index (χ4v) is 4.54. The van der Waals surface area contributed by atoms with E-state index in [1.165, 1.54) is 9.13 Å². The van der Waals surface area contributed by atoms with E-state index in [4.69, 9.17) is 22.1 Å². The van der Waals surface area contributed by atoms with Gasteiger partial charge in [0, 0.05) is 35.5 Å². The van der Waals surface area contributed by atoms with Gasteiger partial charge in [0.25, 0.3) is 0 Å². The number of nitrogens with two attached hydrogens (primary N) is 1. The molecule has 0 aliphatic carbocycles. The first-order chi connectivity index (χ1) is 15.4. The van der Waals surface area contributed by atoms with Crippen molar-refractivity contribution in [3.63, 3.8) is 0 Å². The summed E-state index contributed by atoms with van der Waals surface area (Å²) < 4.78 is 8.63. The molecule has 0 radical (unpaired) electrons. The quantitative estimate of drug-likeness (QED) is 0.220. The van der Waals surface area contributed by atoms with E-state index in [1.807, 2.05) is 17.0 Å². The first kappa shape index (κ1) is 23.2. The second kappa shape index (κ2) is 10.3. The molecule has 0 amide bonds. The number of aryl methyl sites for hydroxylation is 1. The molecule has 0 bridgehead atoms. The predicted octanol–water partition coefficient (Wildman–Crippen LogP) is 3.80. The average molecular weight is 565 g/mol. The Hall–Kier alpha value is -1.93. The number of morpholine rings is 1. The molecule has 9 heteroatoms. The van der Waals surface area contributed by atoms with Gasteiger partial charge in [-0.1, -0.05) is 23.4 Å². The predicted molar refractivity (Wildman–Crippen MR) is 136 cm³/mol. The van der Waals surface area contributed by atoms with Crippen LogP contribution in [0.2, 0.25) is 5.15 Å². The van der Waals surface area contributed by atoms with Gasteiger partial charge >= 0.3 is 0 Å². The molecule has 0 atom stereocenters. The average Bonchev–Trinajstić information content (AvgIpc) is 3.12. The SMILES string of the molecule is Cc1cnc(Cn2cc(C#CCCCN3CCOCC3)c3c(Cl)nc(N)nc32)c(C)c1I. The van der Waals surface area contributed by atoms with Gasteiger partial charge < -0.3 is 15.0 Å². The zero-order valence-corrected chi connectivity index (χ0v) is 21.2. The van der Waals surface area contributed by atoms with Crippen molar-refractivity contribution in [1.29, 1.82) is 0 Å². The van der Waals surface area contributed by atoms with E-state index in [0.717, 1.165) is 67.9 Å². The number of nitrogen functional groups attached to an aromatic ring is 1. The molecule has 0 spiro atoms. The van der Waals surface area contributed by atoms with Crippen molar-refractivity contribution < 1.29 is 4.74 Å². The minimum atomic E-state index is 0.148. The number of pyridine rings is 1. The number of fused-ring (bicyclic) bond motifs is 1. The maximum atomic E-state index is 6.46. The fourth-order valence-electron chi connectivity index (χ4n) is 3.82. The Kier molecular flexibility index (Phi) is 7.51.